The van der Waals surface area contributed by atoms with Crippen LogP contribution in [-0.2, 0) is 17.6 Å². The number of halogens is 1. The number of carbonyl (C=O) groups excluding carboxylic acids is 2. The molecule has 9 heteroatoms. The molecule has 1 unspecified atom stereocenters. The molecule has 1 fully saturated rings. The van der Waals surface area contributed by atoms with Gasteiger partial charge in [0, 0.05) is 25.1 Å². The first-order valence-electron chi connectivity index (χ1n) is 11.9. The Kier molecular flexibility index (Phi) is 6.30. The first kappa shape index (κ1) is 23.7. The van der Waals surface area contributed by atoms with Crippen molar-refractivity contribution >= 4 is 11.8 Å². The van der Waals surface area contributed by atoms with Gasteiger partial charge in [-0.05, 0) is 55.2 Å². The molecule has 5 rings (SSSR count). The molecule has 3 heterocycles. The molecule has 2 aromatic carbocycles. The van der Waals surface area contributed by atoms with Gasteiger partial charge in [0.15, 0.2) is 0 Å². The SMILES string of the molecule is Cc1c(Cc2ccc(F)c(C(=O)N3CCN(C4COc5ccccc5C4)C(=O)C3)c2)n[nH]c(=O)c1C. The second-order valence-electron chi connectivity index (χ2n) is 9.33. The number of rotatable bonds is 4. The average molecular weight is 491 g/mol. The number of hydrogen-bond donors (Lipinski definition) is 1. The number of nitrogens with one attached hydrogen (secondary N) is 1. The van der Waals surface area contributed by atoms with Crippen molar-refractivity contribution in [2.24, 2.45) is 0 Å². The molecule has 8 nitrogen and oxygen atoms in total. The second-order valence-corrected chi connectivity index (χ2v) is 9.33. The molecule has 1 atom stereocenters. The molecule has 1 aromatic heterocycles. The minimum atomic E-state index is -0.641. The fraction of sp³-hybridized carbons (Fsp3) is 0.333. The highest BCUT2D eigenvalue weighted by Crippen LogP contribution is 2.27. The molecule has 0 spiro atoms. The first-order chi connectivity index (χ1) is 17.3. The van der Waals surface area contributed by atoms with Gasteiger partial charge in [-0.2, -0.15) is 5.10 Å². The monoisotopic (exact) mass is 490 g/mol. The highest BCUT2D eigenvalue weighted by atomic mass is 19.1. The third kappa shape index (κ3) is 4.48. The Morgan fingerprint density at radius 3 is 2.75 bits per heavy atom. The number of fused-ring (bicyclic) bond motifs is 1. The molecule has 2 aliphatic heterocycles. The number of hydrogen-bond acceptors (Lipinski definition) is 5. The molecular formula is C27H27FN4O4. The van der Waals surface area contributed by atoms with Gasteiger partial charge in [-0.1, -0.05) is 24.3 Å². The van der Waals surface area contributed by atoms with E-state index in [1.165, 1.54) is 17.0 Å². The summed E-state index contributed by atoms with van der Waals surface area (Å²) in [6, 6.07) is 12.0. The van der Waals surface area contributed by atoms with Gasteiger partial charge in [0.25, 0.3) is 11.5 Å². The zero-order valence-electron chi connectivity index (χ0n) is 20.2. The highest BCUT2D eigenvalue weighted by molar-refractivity contribution is 5.97. The van der Waals surface area contributed by atoms with Crippen molar-refractivity contribution in [2.75, 3.05) is 26.2 Å². The van der Waals surface area contributed by atoms with Gasteiger partial charge in [-0.15, -0.1) is 0 Å². The van der Waals surface area contributed by atoms with Crippen molar-refractivity contribution in [2.45, 2.75) is 32.7 Å². The van der Waals surface area contributed by atoms with Gasteiger partial charge in [0.2, 0.25) is 5.91 Å². The van der Waals surface area contributed by atoms with Crippen LogP contribution >= 0.6 is 0 Å². The van der Waals surface area contributed by atoms with Crippen molar-refractivity contribution < 1.29 is 18.7 Å². The Bertz CT molecular complexity index is 1400. The number of piperazine rings is 1. The van der Waals surface area contributed by atoms with Gasteiger partial charge in [0.1, 0.15) is 24.7 Å². The molecule has 186 valence electrons. The molecule has 0 saturated carbocycles. The summed E-state index contributed by atoms with van der Waals surface area (Å²) in [5.74, 6) is -0.497. The van der Waals surface area contributed by atoms with E-state index in [0.29, 0.717) is 49.4 Å². The molecule has 0 bridgehead atoms. The predicted molar refractivity (Wildman–Crippen MR) is 131 cm³/mol. The van der Waals surface area contributed by atoms with E-state index >= 15 is 0 Å². The van der Waals surface area contributed by atoms with Gasteiger partial charge in [-0.3, -0.25) is 14.4 Å². The van der Waals surface area contributed by atoms with E-state index < -0.39 is 11.7 Å². The molecule has 1 saturated heterocycles. The summed E-state index contributed by atoms with van der Waals surface area (Å²) in [7, 11) is 0. The molecule has 2 aliphatic rings. The second kappa shape index (κ2) is 9.56. The number of carbonyl (C=O) groups is 2. The van der Waals surface area contributed by atoms with Gasteiger partial charge >= 0.3 is 0 Å². The highest BCUT2D eigenvalue weighted by Gasteiger charge is 2.35. The number of benzene rings is 2. The fourth-order valence-corrected chi connectivity index (χ4v) is 4.81. The summed E-state index contributed by atoms with van der Waals surface area (Å²) >= 11 is 0. The Morgan fingerprint density at radius 1 is 1.14 bits per heavy atom. The smallest absolute Gasteiger partial charge is 0.267 e. The van der Waals surface area contributed by atoms with E-state index in [4.69, 9.17) is 4.74 Å². The minimum Gasteiger partial charge on any atom is -0.491 e. The Hall–Kier alpha value is -4.01. The number of aromatic amines is 1. The number of nitrogens with zero attached hydrogens (tertiary/aromatic N) is 3. The third-order valence-corrected chi connectivity index (χ3v) is 7.11. The van der Waals surface area contributed by atoms with E-state index in [0.717, 1.165) is 16.9 Å². The molecule has 0 radical (unpaired) electrons. The summed E-state index contributed by atoms with van der Waals surface area (Å²) in [6.07, 6.45) is 1.03. The van der Waals surface area contributed by atoms with Crippen LogP contribution in [-0.4, -0.2) is 64.1 Å². The zero-order valence-corrected chi connectivity index (χ0v) is 20.2. The van der Waals surface area contributed by atoms with Crippen molar-refractivity contribution in [3.63, 3.8) is 0 Å². The Balaban J connectivity index is 1.28. The lowest BCUT2D eigenvalue weighted by molar-refractivity contribution is -0.138. The van der Waals surface area contributed by atoms with Gasteiger partial charge < -0.3 is 14.5 Å². The molecule has 1 N–H and O–H groups in total. The maximum absolute atomic E-state index is 14.7. The van der Waals surface area contributed by atoms with Gasteiger partial charge in [0.05, 0.1) is 17.3 Å². The van der Waals surface area contributed by atoms with Crippen LogP contribution in [0.3, 0.4) is 0 Å². The Morgan fingerprint density at radius 2 is 1.94 bits per heavy atom. The number of ether oxygens (including phenoxy) is 1. The van der Waals surface area contributed by atoms with E-state index in [9.17, 15) is 18.8 Å². The van der Waals surface area contributed by atoms with Crippen LogP contribution in [0.15, 0.2) is 47.3 Å². The number of para-hydroxylation sites is 1. The van der Waals surface area contributed by atoms with E-state index in [2.05, 4.69) is 10.2 Å². The Labute approximate surface area is 207 Å². The average Bonchev–Trinajstić information content (AvgIpc) is 2.89. The maximum Gasteiger partial charge on any atom is 0.267 e. The van der Waals surface area contributed by atoms with Crippen LogP contribution in [0.25, 0.3) is 0 Å². The number of aromatic nitrogens is 2. The van der Waals surface area contributed by atoms with E-state index in [1.54, 1.807) is 17.9 Å². The standard InChI is InChI=1S/C27H27FN4O4/c1-16-17(2)26(34)30-29-23(16)12-18-7-8-22(28)21(11-18)27(35)31-9-10-32(25(33)14-31)20-13-19-5-3-4-6-24(19)36-15-20/h3-8,11,20H,9-10,12-15H2,1-2H3,(H,30,34). The third-order valence-electron chi connectivity index (χ3n) is 7.11. The van der Waals surface area contributed by atoms with Crippen LogP contribution in [0, 0.1) is 19.7 Å². The molecule has 2 amide bonds. The lowest BCUT2D eigenvalue weighted by Gasteiger charge is -2.40. The fourth-order valence-electron chi connectivity index (χ4n) is 4.81. The normalized spacial score (nSPS) is 17.5. The van der Waals surface area contributed by atoms with Crippen molar-refractivity contribution in [1.82, 2.24) is 20.0 Å². The molecule has 0 aliphatic carbocycles. The topological polar surface area (TPSA) is 95.6 Å². The van der Waals surface area contributed by atoms with Gasteiger partial charge in [-0.25, -0.2) is 9.49 Å². The van der Waals surface area contributed by atoms with Crippen molar-refractivity contribution in [3.05, 3.63) is 92.1 Å². The molecule has 36 heavy (non-hydrogen) atoms. The lowest BCUT2D eigenvalue weighted by atomic mass is 10.00. The van der Waals surface area contributed by atoms with Crippen molar-refractivity contribution in [1.29, 1.82) is 0 Å². The molecule has 3 aromatic rings. The summed E-state index contributed by atoms with van der Waals surface area (Å²) in [5.41, 5.74) is 3.39. The largest absolute Gasteiger partial charge is 0.491 e. The van der Waals surface area contributed by atoms with Crippen LogP contribution in [0.4, 0.5) is 4.39 Å². The summed E-state index contributed by atoms with van der Waals surface area (Å²) in [6.45, 7) is 4.50. The van der Waals surface area contributed by atoms with Crippen LogP contribution < -0.4 is 10.3 Å². The van der Waals surface area contributed by atoms with Crippen LogP contribution in [0.1, 0.15) is 38.3 Å². The lowest BCUT2D eigenvalue weighted by Crippen LogP contribution is -2.57. The summed E-state index contributed by atoms with van der Waals surface area (Å²) < 4.78 is 20.5. The number of amides is 2. The predicted octanol–water partition coefficient (Wildman–Crippen LogP) is 2.40. The van der Waals surface area contributed by atoms with Crippen LogP contribution in [0.2, 0.25) is 0 Å². The number of H-pyrrole nitrogens is 1. The van der Waals surface area contributed by atoms with Crippen LogP contribution in [0.5, 0.6) is 5.75 Å². The van der Waals surface area contributed by atoms with E-state index in [-0.39, 0.29) is 29.6 Å². The zero-order chi connectivity index (χ0) is 25.4. The summed E-state index contributed by atoms with van der Waals surface area (Å²) in [4.78, 5) is 41.1. The minimum absolute atomic E-state index is 0.0810. The van der Waals surface area contributed by atoms with Crippen molar-refractivity contribution in [3.8, 4) is 5.75 Å². The first-order valence-corrected chi connectivity index (χ1v) is 11.9. The van der Waals surface area contributed by atoms with E-state index in [1.807, 2.05) is 31.2 Å². The quantitative estimate of drug-likeness (QED) is 0.606. The summed E-state index contributed by atoms with van der Waals surface area (Å²) in [5, 5.41) is 6.58. The molecular weight excluding hydrogens is 463 g/mol. The maximum atomic E-state index is 14.7.